The number of anilines is 1. The number of nitrogens with one attached hydrogen (secondary N) is 2. The van der Waals surface area contributed by atoms with E-state index >= 15 is 0 Å². The zero-order chi connectivity index (χ0) is 19.9. The van der Waals surface area contributed by atoms with Crippen molar-refractivity contribution in [1.82, 2.24) is 15.2 Å². The minimum Gasteiger partial charge on any atom is -0.347 e. The van der Waals surface area contributed by atoms with Crippen LogP contribution in [0.15, 0.2) is 30.5 Å². The van der Waals surface area contributed by atoms with Gasteiger partial charge in [-0.3, -0.25) is 14.4 Å². The summed E-state index contributed by atoms with van der Waals surface area (Å²) >= 11 is 1.35. The van der Waals surface area contributed by atoms with E-state index in [0.717, 1.165) is 42.8 Å². The second-order valence-corrected chi connectivity index (χ2v) is 10.4. The Morgan fingerprint density at radius 3 is 2.50 bits per heavy atom. The molecule has 3 aliphatic heterocycles. The number of carbonyl (C=O) groups is 1. The molecule has 1 amide bonds. The Hall–Kier alpha value is -1.97. The van der Waals surface area contributed by atoms with Crippen LogP contribution in [0.25, 0.3) is 10.6 Å². The quantitative estimate of drug-likeness (QED) is 0.775. The molecule has 1 aromatic carbocycles. The van der Waals surface area contributed by atoms with E-state index in [-0.39, 0.29) is 11.9 Å². The molecular weight excluding hydrogens is 396 g/mol. The van der Waals surface area contributed by atoms with Crippen molar-refractivity contribution in [3.05, 3.63) is 35.3 Å². The second-order valence-electron chi connectivity index (χ2n) is 7.59. The summed E-state index contributed by atoms with van der Waals surface area (Å²) < 4.78 is 25.0. The lowest BCUT2D eigenvalue weighted by Gasteiger charge is -2.49. The molecule has 4 heterocycles. The highest BCUT2D eigenvalue weighted by atomic mass is 32.2. The predicted molar refractivity (Wildman–Crippen MR) is 111 cm³/mol. The Morgan fingerprint density at radius 2 is 1.89 bits per heavy atom. The lowest BCUT2D eigenvalue weighted by atomic mass is 9.79. The van der Waals surface area contributed by atoms with Crippen molar-refractivity contribution in [3.8, 4) is 10.6 Å². The van der Waals surface area contributed by atoms with E-state index in [1.165, 1.54) is 11.3 Å². The molecule has 2 aromatic rings. The number of sulfonamides is 1. The van der Waals surface area contributed by atoms with Gasteiger partial charge >= 0.3 is 0 Å². The fourth-order valence-electron chi connectivity index (χ4n) is 4.18. The van der Waals surface area contributed by atoms with Gasteiger partial charge in [0, 0.05) is 23.3 Å². The number of carbonyl (C=O) groups excluding carboxylic acids is 1. The smallest absolute Gasteiger partial charge is 0.263 e. The first kappa shape index (κ1) is 19.4. The SMILES string of the molecule is C[C@@H]1[C@H](NC(=O)c2cnc(-c3ccc(NS(C)(=O)=O)cc3)s2)C2CCN1CC2. The standard InChI is InChI=1S/C19H24N4O3S2/c1-12-17(13-7-9-23(12)10-8-13)21-18(24)16-11-20-19(27-16)14-3-5-15(6-4-14)22-28(2,25)26/h3-6,11-13,17,22H,7-10H2,1-2H3,(H,21,24)/t12-,17+/m1/s1. The molecule has 0 unspecified atom stereocenters. The van der Waals surface area contributed by atoms with Gasteiger partial charge in [-0.05, 0) is 63.0 Å². The van der Waals surface area contributed by atoms with Crippen LogP contribution in [0.3, 0.4) is 0 Å². The minimum atomic E-state index is -3.30. The van der Waals surface area contributed by atoms with Crippen LogP contribution in [0.2, 0.25) is 0 Å². The molecular formula is C19H24N4O3S2. The summed E-state index contributed by atoms with van der Waals surface area (Å²) in [5, 5.41) is 3.96. The van der Waals surface area contributed by atoms with E-state index in [0.29, 0.717) is 22.5 Å². The van der Waals surface area contributed by atoms with E-state index in [1.807, 2.05) is 0 Å². The Bertz CT molecular complexity index is 961. The number of piperidine rings is 3. The van der Waals surface area contributed by atoms with Crippen LogP contribution in [0.5, 0.6) is 0 Å². The summed E-state index contributed by atoms with van der Waals surface area (Å²) in [6, 6.07) is 7.53. The van der Waals surface area contributed by atoms with Gasteiger partial charge in [-0.25, -0.2) is 13.4 Å². The van der Waals surface area contributed by atoms with Gasteiger partial charge in [-0.2, -0.15) is 0 Å². The number of fused-ring (bicyclic) bond motifs is 3. The van der Waals surface area contributed by atoms with E-state index in [9.17, 15) is 13.2 Å². The van der Waals surface area contributed by atoms with Crippen molar-refractivity contribution in [3.63, 3.8) is 0 Å². The monoisotopic (exact) mass is 420 g/mol. The lowest BCUT2D eigenvalue weighted by Crippen LogP contribution is -2.62. The normalized spacial score (nSPS) is 26.8. The van der Waals surface area contributed by atoms with Crippen molar-refractivity contribution >= 4 is 33.0 Å². The lowest BCUT2D eigenvalue weighted by molar-refractivity contribution is 0.0218. The third-order valence-corrected chi connectivity index (χ3v) is 7.29. The number of rotatable bonds is 5. The third kappa shape index (κ3) is 4.06. The maximum absolute atomic E-state index is 12.8. The van der Waals surface area contributed by atoms with Crippen molar-refractivity contribution in [2.24, 2.45) is 5.92 Å². The topological polar surface area (TPSA) is 91.4 Å². The maximum Gasteiger partial charge on any atom is 0.263 e. The maximum atomic E-state index is 12.8. The van der Waals surface area contributed by atoms with Crippen LogP contribution in [-0.4, -0.2) is 55.6 Å². The van der Waals surface area contributed by atoms with Crippen LogP contribution in [0, 0.1) is 5.92 Å². The highest BCUT2D eigenvalue weighted by Crippen LogP contribution is 2.33. The number of nitrogens with zero attached hydrogens (tertiary/aromatic N) is 2. The van der Waals surface area contributed by atoms with Gasteiger partial charge < -0.3 is 5.32 Å². The van der Waals surface area contributed by atoms with Crippen LogP contribution < -0.4 is 10.0 Å². The zero-order valence-corrected chi connectivity index (χ0v) is 17.5. The number of hydrogen-bond donors (Lipinski definition) is 2. The van der Waals surface area contributed by atoms with Gasteiger partial charge in [-0.1, -0.05) is 0 Å². The first-order chi connectivity index (χ1) is 13.3. The summed E-state index contributed by atoms with van der Waals surface area (Å²) in [5.41, 5.74) is 1.34. The van der Waals surface area contributed by atoms with E-state index in [2.05, 4.69) is 26.8 Å². The molecule has 0 aliphatic carbocycles. The molecule has 2 N–H and O–H groups in total. The predicted octanol–water partition coefficient (Wildman–Crippen LogP) is 2.39. The first-order valence-corrected chi connectivity index (χ1v) is 12.1. The second kappa shape index (κ2) is 7.46. The largest absolute Gasteiger partial charge is 0.347 e. The summed E-state index contributed by atoms with van der Waals surface area (Å²) in [6.07, 6.45) is 5.03. The van der Waals surface area contributed by atoms with Crippen LogP contribution in [0.1, 0.15) is 29.4 Å². The zero-order valence-electron chi connectivity index (χ0n) is 15.9. The molecule has 7 nitrogen and oxygen atoms in total. The van der Waals surface area contributed by atoms with Crippen LogP contribution >= 0.6 is 11.3 Å². The summed E-state index contributed by atoms with van der Waals surface area (Å²) in [5.74, 6) is 0.496. The van der Waals surface area contributed by atoms with Crippen molar-refractivity contribution < 1.29 is 13.2 Å². The molecule has 9 heteroatoms. The molecule has 3 saturated heterocycles. The number of benzene rings is 1. The molecule has 2 bridgehead atoms. The van der Waals surface area contributed by atoms with Gasteiger partial charge in [0.2, 0.25) is 10.0 Å². The summed E-state index contributed by atoms with van der Waals surface area (Å²) in [7, 11) is -3.30. The number of hydrogen-bond acceptors (Lipinski definition) is 6. The highest BCUT2D eigenvalue weighted by molar-refractivity contribution is 7.92. The molecule has 0 radical (unpaired) electrons. The molecule has 1 aromatic heterocycles. The molecule has 2 atom stereocenters. The number of thiazole rings is 1. The fourth-order valence-corrected chi connectivity index (χ4v) is 5.56. The van der Waals surface area contributed by atoms with E-state index in [4.69, 9.17) is 0 Å². The van der Waals surface area contributed by atoms with Gasteiger partial charge in [0.1, 0.15) is 9.88 Å². The Morgan fingerprint density at radius 1 is 1.21 bits per heavy atom. The molecule has 3 aliphatic rings. The van der Waals surface area contributed by atoms with Gasteiger partial charge in [0.15, 0.2) is 0 Å². The van der Waals surface area contributed by atoms with Crippen LogP contribution in [0.4, 0.5) is 5.69 Å². The van der Waals surface area contributed by atoms with Gasteiger partial charge in [0.05, 0.1) is 12.5 Å². The summed E-state index contributed by atoms with van der Waals surface area (Å²) in [6.45, 7) is 4.46. The Kier molecular flexibility index (Phi) is 5.15. The average molecular weight is 421 g/mol. The van der Waals surface area contributed by atoms with Gasteiger partial charge in [-0.15, -0.1) is 11.3 Å². The van der Waals surface area contributed by atoms with Crippen LogP contribution in [-0.2, 0) is 10.0 Å². The molecule has 28 heavy (non-hydrogen) atoms. The molecule has 3 fully saturated rings. The van der Waals surface area contributed by atoms with Crippen molar-refractivity contribution in [2.75, 3.05) is 24.1 Å². The fraction of sp³-hybridized carbons (Fsp3) is 0.474. The molecule has 5 rings (SSSR count). The third-order valence-electron chi connectivity index (χ3n) is 5.64. The first-order valence-electron chi connectivity index (χ1n) is 9.39. The van der Waals surface area contributed by atoms with Crippen molar-refractivity contribution in [2.45, 2.75) is 31.8 Å². The highest BCUT2D eigenvalue weighted by Gasteiger charge is 2.40. The molecule has 0 spiro atoms. The summed E-state index contributed by atoms with van der Waals surface area (Å²) in [4.78, 5) is 20.2. The number of amides is 1. The van der Waals surface area contributed by atoms with Gasteiger partial charge in [0.25, 0.3) is 5.91 Å². The average Bonchev–Trinajstić information content (AvgIpc) is 3.14. The van der Waals surface area contributed by atoms with E-state index < -0.39 is 10.0 Å². The Labute approximate surface area is 169 Å². The minimum absolute atomic E-state index is 0.0651. The Balaban J connectivity index is 1.44. The molecule has 0 saturated carbocycles. The molecule has 150 valence electrons. The van der Waals surface area contributed by atoms with Crippen molar-refractivity contribution in [1.29, 1.82) is 0 Å². The van der Waals surface area contributed by atoms with E-state index in [1.54, 1.807) is 30.5 Å². The number of aromatic nitrogens is 1.